The van der Waals surface area contributed by atoms with E-state index in [1.807, 2.05) is 18.2 Å². The zero-order valence-electron chi connectivity index (χ0n) is 8.24. The molecule has 0 aliphatic carbocycles. The summed E-state index contributed by atoms with van der Waals surface area (Å²) in [5, 5.41) is 0. The molecule has 0 atom stereocenters. The molecule has 0 amide bonds. The van der Waals surface area contributed by atoms with E-state index in [9.17, 15) is 8.42 Å². The molecule has 0 fully saturated rings. The van der Waals surface area contributed by atoms with Gasteiger partial charge in [-0.2, -0.15) is 0 Å². The largest absolute Gasteiger partial charge is 0.283 e. The first kappa shape index (κ1) is 9.52. The number of rotatable bonds is 1. The van der Waals surface area contributed by atoms with Crippen LogP contribution in [0.5, 0.6) is 0 Å². The van der Waals surface area contributed by atoms with E-state index in [1.165, 1.54) is 5.56 Å². The lowest BCUT2D eigenvalue weighted by Gasteiger charge is -2.06. The van der Waals surface area contributed by atoms with Crippen LogP contribution in [0.1, 0.15) is 30.9 Å². The summed E-state index contributed by atoms with van der Waals surface area (Å²) < 4.78 is 25.0. The number of nitrogens with one attached hydrogen (secondary N) is 1. The second-order valence-corrected chi connectivity index (χ2v) is 5.65. The summed E-state index contributed by atoms with van der Waals surface area (Å²) in [5.41, 5.74) is 2.80. The molecule has 14 heavy (non-hydrogen) atoms. The van der Waals surface area contributed by atoms with E-state index in [0.29, 0.717) is 5.92 Å². The Bertz CT molecular complexity index is 463. The van der Waals surface area contributed by atoms with Crippen molar-refractivity contribution in [3.05, 3.63) is 29.3 Å². The fourth-order valence-electron chi connectivity index (χ4n) is 1.60. The van der Waals surface area contributed by atoms with Crippen molar-refractivity contribution in [2.24, 2.45) is 0 Å². The van der Waals surface area contributed by atoms with Crippen LogP contribution < -0.4 is 4.72 Å². The molecule has 1 aliphatic rings. The fraction of sp³-hybridized carbons (Fsp3) is 0.400. The van der Waals surface area contributed by atoms with Gasteiger partial charge in [0.15, 0.2) is 0 Å². The lowest BCUT2D eigenvalue weighted by atomic mass is 10.0. The minimum atomic E-state index is -3.10. The zero-order chi connectivity index (χ0) is 10.3. The monoisotopic (exact) mass is 211 g/mol. The van der Waals surface area contributed by atoms with Gasteiger partial charge in [0.1, 0.15) is 0 Å². The van der Waals surface area contributed by atoms with Gasteiger partial charge in [-0.15, -0.1) is 0 Å². The van der Waals surface area contributed by atoms with Crippen molar-refractivity contribution >= 4 is 15.7 Å². The number of hydrogen-bond donors (Lipinski definition) is 1. The molecule has 1 N–H and O–H groups in total. The summed E-state index contributed by atoms with van der Waals surface area (Å²) in [6, 6.07) is 5.78. The highest BCUT2D eigenvalue weighted by atomic mass is 32.2. The molecule has 76 valence electrons. The van der Waals surface area contributed by atoms with Crippen molar-refractivity contribution in [3.8, 4) is 0 Å². The average Bonchev–Trinajstić information content (AvgIpc) is 2.36. The van der Waals surface area contributed by atoms with E-state index in [-0.39, 0.29) is 5.75 Å². The van der Waals surface area contributed by atoms with E-state index in [0.717, 1.165) is 11.3 Å². The Kier molecular flexibility index (Phi) is 2.03. The van der Waals surface area contributed by atoms with Gasteiger partial charge in [-0.3, -0.25) is 4.72 Å². The van der Waals surface area contributed by atoms with Crippen molar-refractivity contribution in [1.29, 1.82) is 0 Å². The lowest BCUT2D eigenvalue weighted by Crippen LogP contribution is -2.05. The fourth-order valence-corrected chi connectivity index (χ4v) is 2.85. The van der Waals surface area contributed by atoms with Crippen molar-refractivity contribution in [1.82, 2.24) is 0 Å². The number of sulfonamides is 1. The molecule has 3 nitrogen and oxygen atoms in total. The molecular formula is C10H13NO2S. The van der Waals surface area contributed by atoms with E-state index in [1.54, 1.807) is 0 Å². The lowest BCUT2D eigenvalue weighted by molar-refractivity contribution is 0.602. The molecule has 1 heterocycles. The van der Waals surface area contributed by atoms with Gasteiger partial charge in [-0.1, -0.05) is 26.0 Å². The van der Waals surface area contributed by atoms with Crippen LogP contribution >= 0.6 is 0 Å². The smallest absolute Gasteiger partial charge is 0.237 e. The molecular weight excluding hydrogens is 198 g/mol. The summed E-state index contributed by atoms with van der Waals surface area (Å²) in [7, 11) is -3.10. The van der Waals surface area contributed by atoms with E-state index in [4.69, 9.17) is 0 Å². The Morgan fingerprint density at radius 2 is 2.07 bits per heavy atom. The predicted molar refractivity (Wildman–Crippen MR) is 56.8 cm³/mol. The van der Waals surface area contributed by atoms with Gasteiger partial charge in [0.05, 0.1) is 11.4 Å². The SMILES string of the molecule is CC(C)c1ccc2c(c1)CS(=O)(=O)N2. The summed E-state index contributed by atoms with van der Waals surface area (Å²) in [5.74, 6) is 0.548. The van der Waals surface area contributed by atoms with Crippen LogP contribution in [0.4, 0.5) is 5.69 Å². The van der Waals surface area contributed by atoms with Gasteiger partial charge in [-0.25, -0.2) is 8.42 Å². The molecule has 0 radical (unpaired) electrons. The Morgan fingerprint density at radius 3 is 2.71 bits per heavy atom. The third kappa shape index (κ3) is 1.62. The normalized spacial score (nSPS) is 17.9. The van der Waals surface area contributed by atoms with Crippen molar-refractivity contribution in [2.45, 2.75) is 25.5 Å². The molecule has 0 bridgehead atoms. The number of fused-ring (bicyclic) bond motifs is 1. The van der Waals surface area contributed by atoms with E-state index < -0.39 is 10.0 Å². The van der Waals surface area contributed by atoms with Crippen LogP contribution in [0.15, 0.2) is 18.2 Å². The maximum absolute atomic E-state index is 11.3. The van der Waals surface area contributed by atoms with E-state index in [2.05, 4.69) is 18.6 Å². The van der Waals surface area contributed by atoms with Gasteiger partial charge in [0, 0.05) is 0 Å². The van der Waals surface area contributed by atoms with Gasteiger partial charge >= 0.3 is 0 Å². The van der Waals surface area contributed by atoms with Crippen LogP contribution in [0.2, 0.25) is 0 Å². The van der Waals surface area contributed by atoms with Gasteiger partial charge in [0.25, 0.3) is 0 Å². The van der Waals surface area contributed by atoms with Crippen LogP contribution in [-0.4, -0.2) is 8.42 Å². The van der Waals surface area contributed by atoms with Crippen LogP contribution in [-0.2, 0) is 15.8 Å². The van der Waals surface area contributed by atoms with Crippen molar-refractivity contribution < 1.29 is 8.42 Å². The maximum atomic E-state index is 11.3. The van der Waals surface area contributed by atoms with Crippen LogP contribution in [0.25, 0.3) is 0 Å². The maximum Gasteiger partial charge on any atom is 0.237 e. The minimum absolute atomic E-state index is 0.114. The quantitative estimate of drug-likeness (QED) is 0.773. The molecule has 4 heteroatoms. The predicted octanol–water partition coefficient (Wildman–Crippen LogP) is 2.07. The third-order valence-corrected chi connectivity index (χ3v) is 3.63. The molecule has 1 aliphatic heterocycles. The van der Waals surface area contributed by atoms with Gasteiger partial charge < -0.3 is 0 Å². The molecule has 0 saturated carbocycles. The number of hydrogen-bond acceptors (Lipinski definition) is 2. The van der Waals surface area contributed by atoms with Crippen molar-refractivity contribution in [3.63, 3.8) is 0 Å². The molecule has 1 aromatic rings. The standard InChI is InChI=1S/C10H13NO2S/c1-7(2)8-3-4-10-9(5-8)6-14(12,13)11-10/h3-5,7,11H,6H2,1-2H3. The number of benzene rings is 1. The highest BCUT2D eigenvalue weighted by molar-refractivity contribution is 7.92. The summed E-state index contributed by atoms with van der Waals surface area (Å²) in [6.45, 7) is 4.19. The minimum Gasteiger partial charge on any atom is -0.283 e. The Balaban J connectivity index is 2.45. The van der Waals surface area contributed by atoms with Crippen molar-refractivity contribution in [2.75, 3.05) is 4.72 Å². The first-order chi connectivity index (χ1) is 6.48. The van der Waals surface area contributed by atoms with Crippen LogP contribution in [0.3, 0.4) is 0 Å². The number of anilines is 1. The first-order valence-electron chi connectivity index (χ1n) is 4.61. The molecule has 1 aromatic carbocycles. The summed E-state index contributed by atoms with van der Waals surface area (Å²) in [6.07, 6.45) is 0. The topological polar surface area (TPSA) is 46.2 Å². The molecule has 2 rings (SSSR count). The Morgan fingerprint density at radius 1 is 1.36 bits per heavy atom. The van der Waals surface area contributed by atoms with Crippen LogP contribution in [0, 0.1) is 0 Å². The Hall–Kier alpha value is -1.03. The van der Waals surface area contributed by atoms with Gasteiger partial charge in [0.2, 0.25) is 10.0 Å². The zero-order valence-corrected chi connectivity index (χ0v) is 9.06. The second-order valence-electron chi connectivity index (χ2n) is 3.93. The molecule has 0 aromatic heterocycles. The third-order valence-electron chi connectivity index (χ3n) is 2.41. The molecule has 0 unspecified atom stereocenters. The Labute approximate surface area is 84.2 Å². The second kappa shape index (κ2) is 2.98. The molecule has 0 spiro atoms. The summed E-state index contributed by atoms with van der Waals surface area (Å²) in [4.78, 5) is 0. The highest BCUT2D eigenvalue weighted by Crippen LogP contribution is 2.29. The molecule has 0 saturated heterocycles. The van der Waals surface area contributed by atoms with Gasteiger partial charge in [-0.05, 0) is 23.1 Å². The summed E-state index contributed by atoms with van der Waals surface area (Å²) >= 11 is 0. The van der Waals surface area contributed by atoms with E-state index >= 15 is 0 Å². The first-order valence-corrected chi connectivity index (χ1v) is 6.26. The highest BCUT2D eigenvalue weighted by Gasteiger charge is 2.23. The average molecular weight is 211 g/mol.